The van der Waals surface area contributed by atoms with Crippen molar-refractivity contribution in [3.63, 3.8) is 0 Å². The monoisotopic (exact) mass is 569 g/mol. The average Bonchev–Trinajstić information content (AvgIpc) is 2.86. The van der Waals surface area contributed by atoms with Crippen LogP contribution in [0.1, 0.15) is 22.8 Å². The molecule has 0 radical (unpaired) electrons. The highest BCUT2D eigenvalue weighted by atomic mass is 79.9. The van der Waals surface area contributed by atoms with Gasteiger partial charge >= 0.3 is 5.97 Å². The molecule has 182 valence electrons. The Balaban J connectivity index is 1.91. The van der Waals surface area contributed by atoms with Gasteiger partial charge in [0.15, 0.2) is 11.5 Å². The van der Waals surface area contributed by atoms with Gasteiger partial charge in [0.05, 0.1) is 32.3 Å². The largest absolute Gasteiger partial charge is 0.490 e. The molecule has 1 amide bonds. The molecule has 0 saturated carbocycles. The molecule has 3 rings (SSSR count). The number of nitrogens with one attached hydrogen (secondary N) is 1. The van der Waals surface area contributed by atoms with Gasteiger partial charge in [-0.05, 0) is 64.8 Å². The van der Waals surface area contributed by atoms with Gasteiger partial charge in [-0.1, -0.05) is 29.8 Å². The fraction of sp³-hybridized carbons (Fsp3) is 0.0800. The molecule has 0 aromatic heterocycles. The van der Waals surface area contributed by atoms with Crippen molar-refractivity contribution in [2.45, 2.75) is 6.92 Å². The smallest absolute Gasteiger partial charge is 0.343 e. The molecule has 0 unspecified atom stereocenters. The van der Waals surface area contributed by atoms with Crippen molar-refractivity contribution >= 4 is 56.9 Å². The lowest BCUT2D eigenvalue weighted by atomic mass is 10.1. The van der Waals surface area contributed by atoms with Gasteiger partial charge < -0.3 is 14.8 Å². The lowest BCUT2D eigenvalue weighted by Gasteiger charge is -2.14. The van der Waals surface area contributed by atoms with Gasteiger partial charge in [-0.15, -0.1) is 0 Å². The number of halogens is 2. The van der Waals surface area contributed by atoms with Crippen LogP contribution in [-0.4, -0.2) is 23.4 Å². The number of nitro groups is 1. The normalized spacial score (nSPS) is 10.8. The van der Waals surface area contributed by atoms with E-state index in [0.717, 1.165) is 6.07 Å². The zero-order valence-electron chi connectivity index (χ0n) is 18.7. The maximum atomic E-state index is 12.7. The van der Waals surface area contributed by atoms with Crippen molar-refractivity contribution in [3.05, 3.63) is 97.0 Å². The van der Waals surface area contributed by atoms with E-state index in [4.69, 9.17) is 21.1 Å². The van der Waals surface area contributed by atoms with Gasteiger partial charge in [0.25, 0.3) is 11.6 Å². The molecule has 0 bridgehead atoms. The van der Waals surface area contributed by atoms with Gasteiger partial charge in [0.2, 0.25) is 0 Å². The van der Waals surface area contributed by atoms with E-state index >= 15 is 0 Å². The van der Waals surface area contributed by atoms with Crippen LogP contribution in [0.3, 0.4) is 0 Å². The van der Waals surface area contributed by atoms with Crippen LogP contribution >= 0.6 is 27.5 Å². The lowest BCUT2D eigenvalue weighted by Crippen LogP contribution is -2.14. The first kappa shape index (κ1) is 26.4. The summed E-state index contributed by atoms with van der Waals surface area (Å²) in [6.07, 6.45) is 1.29. The second kappa shape index (κ2) is 12.0. The number of rotatable bonds is 8. The molecule has 9 nitrogen and oxygen atoms in total. The van der Waals surface area contributed by atoms with Gasteiger partial charge in [-0.2, -0.15) is 5.26 Å². The number of benzene rings is 3. The fourth-order valence-electron chi connectivity index (χ4n) is 2.99. The van der Waals surface area contributed by atoms with E-state index in [2.05, 4.69) is 21.2 Å². The van der Waals surface area contributed by atoms with Crippen molar-refractivity contribution < 1.29 is 24.0 Å². The molecule has 0 aliphatic heterocycles. The summed E-state index contributed by atoms with van der Waals surface area (Å²) in [6, 6.07) is 16.8. The van der Waals surface area contributed by atoms with Gasteiger partial charge in [-0.25, -0.2) is 4.79 Å². The average molecular weight is 571 g/mol. The highest BCUT2D eigenvalue weighted by Crippen LogP contribution is 2.38. The Labute approximate surface area is 219 Å². The Morgan fingerprint density at radius 1 is 1.19 bits per heavy atom. The lowest BCUT2D eigenvalue weighted by molar-refractivity contribution is -0.384. The van der Waals surface area contributed by atoms with Crippen LogP contribution in [0.25, 0.3) is 6.08 Å². The third-order valence-corrected chi connectivity index (χ3v) is 5.54. The third kappa shape index (κ3) is 6.47. The molecule has 0 saturated heterocycles. The van der Waals surface area contributed by atoms with Crippen molar-refractivity contribution in [1.82, 2.24) is 0 Å². The number of carbonyl (C=O) groups excluding carboxylic acids is 2. The first-order valence-electron chi connectivity index (χ1n) is 10.3. The van der Waals surface area contributed by atoms with Crippen LogP contribution in [0.4, 0.5) is 11.4 Å². The number of ether oxygens (including phenoxy) is 2. The van der Waals surface area contributed by atoms with E-state index in [1.54, 1.807) is 49.4 Å². The summed E-state index contributed by atoms with van der Waals surface area (Å²) in [5.74, 6) is -1.07. The maximum Gasteiger partial charge on any atom is 0.343 e. The maximum absolute atomic E-state index is 12.7. The quantitative estimate of drug-likeness (QED) is 0.0855. The molecule has 0 spiro atoms. The second-order valence-corrected chi connectivity index (χ2v) is 8.33. The van der Waals surface area contributed by atoms with Gasteiger partial charge in [-0.3, -0.25) is 14.9 Å². The number of esters is 1. The Kier molecular flexibility index (Phi) is 8.78. The van der Waals surface area contributed by atoms with E-state index in [1.165, 1.54) is 24.3 Å². The standard InChI is InChI=1S/C25H17BrClN3O6/c1-2-35-22-12-15(11-19(26)23(22)36-25(32)16-6-4-3-5-7-16)10-17(14-28)24(31)29-21-13-18(30(33)34)8-9-20(21)27/h3-13H,2H2,1H3,(H,29,31)/b17-10+. The summed E-state index contributed by atoms with van der Waals surface area (Å²) >= 11 is 9.38. The van der Waals surface area contributed by atoms with E-state index in [0.29, 0.717) is 15.6 Å². The number of amides is 1. The van der Waals surface area contributed by atoms with Crippen molar-refractivity contribution in [2.24, 2.45) is 0 Å². The van der Waals surface area contributed by atoms with E-state index in [1.807, 2.05) is 0 Å². The number of anilines is 1. The topological polar surface area (TPSA) is 132 Å². The number of nitro benzene ring substituents is 1. The van der Waals surface area contributed by atoms with Crippen LogP contribution in [0.15, 0.2) is 70.7 Å². The van der Waals surface area contributed by atoms with E-state index in [-0.39, 0.29) is 40.1 Å². The van der Waals surface area contributed by atoms with Crippen molar-refractivity contribution in [3.8, 4) is 17.6 Å². The summed E-state index contributed by atoms with van der Waals surface area (Å²) in [5.41, 5.74) is 0.140. The molecule has 0 atom stereocenters. The molecule has 3 aromatic rings. The zero-order chi connectivity index (χ0) is 26.2. The SMILES string of the molecule is CCOc1cc(/C=C(\C#N)C(=O)Nc2cc([N+](=O)[O-])ccc2Cl)cc(Br)c1OC(=O)c1ccccc1. The predicted molar refractivity (Wildman–Crippen MR) is 137 cm³/mol. The predicted octanol–water partition coefficient (Wildman–Crippen LogP) is 6.17. The molecule has 11 heteroatoms. The summed E-state index contributed by atoms with van der Waals surface area (Å²) in [6.45, 7) is 2.00. The van der Waals surface area contributed by atoms with Crippen LogP contribution in [0.5, 0.6) is 11.5 Å². The van der Waals surface area contributed by atoms with Crippen LogP contribution in [-0.2, 0) is 4.79 Å². The van der Waals surface area contributed by atoms with E-state index < -0.39 is 16.8 Å². The first-order valence-corrected chi connectivity index (χ1v) is 11.5. The first-order chi connectivity index (χ1) is 17.2. The summed E-state index contributed by atoms with van der Waals surface area (Å²) in [7, 11) is 0. The number of nitriles is 1. The summed E-state index contributed by atoms with van der Waals surface area (Å²) in [4.78, 5) is 35.6. The highest BCUT2D eigenvalue weighted by molar-refractivity contribution is 9.10. The van der Waals surface area contributed by atoms with Crippen LogP contribution in [0, 0.1) is 21.4 Å². The molecule has 1 N–H and O–H groups in total. The molecule has 36 heavy (non-hydrogen) atoms. The number of non-ortho nitro benzene ring substituents is 1. The Hall–Kier alpha value is -4.20. The number of hydrogen-bond acceptors (Lipinski definition) is 7. The van der Waals surface area contributed by atoms with Crippen molar-refractivity contribution in [2.75, 3.05) is 11.9 Å². The molecule has 0 heterocycles. The second-order valence-electron chi connectivity index (χ2n) is 7.06. The molecule has 0 aliphatic carbocycles. The summed E-state index contributed by atoms with van der Waals surface area (Å²) < 4.78 is 11.5. The Morgan fingerprint density at radius 3 is 2.56 bits per heavy atom. The summed E-state index contributed by atoms with van der Waals surface area (Å²) in [5, 5.41) is 23.0. The van der Waals surface area contributed by atoms with Gasteiger partial charge in [0.1, 0.15) is 11.6 Å². The van der Waals surface area contributed by atoms with E-state index in [9.17, 15) is 25.0 Å². The molecule has 0 fully saturated rings. The number of nitrogens with zero attached hydrogens (tertiary/aromatic N) is 2. The molecule has 3 aromatic carbocycles. The number of carbonyl (C=O) groups is 2. The minimum absolute atomic E-state index is 0.0172. The van der Waals surface area contributed by atoms with Crippen LogP contribution in [0.2, 0.25) is 5.02 Å². The van der Waals surface area contributed by atoms with Crippen LogP contribution < -0.4 is 14.8 Å². The Morgan fingerprint density at radius 2 is 1.92 bits per heavy atom. The third-order valence-electron chi connectivity index (χ3n) is 4.62. The highest BCUT2D eigenvalue weighted by Gasteiger charge is 2.19. The minimum atomic E-state index is -0.825. The Bertz CT molecular complexity index is 1400. The molecular formula is C25H17BrClN3O6. The minimum Gasteiger partial charge on any atom is -0.490 e. The molecular weight excluding hydrogens is 554 g/mol. The zero-order valence-corrected chi connectivity index (χ0v) is 21.0. The number of hydrogen-bond donors (Lipinski definition) is 1. The van der Waals surface area contributed by atoms with Gasteiger partial charge in [0, 0.05) is 12.1 Å². The van der Waals surface area contributed by atoms with Crippen molar-refractivity contribution in [1.29, 1.82) is 5.26 Å². The fourth-order valence-corrected chi connectivity index (χ4v) is 3.69. The molecule has 0 aliphatic rings.